The van der Waals surface area contributed by atoms with Gasteiger partial charge in [0.25, 0.3) is 0 Å². The number of nitrogens with one attached hydrogen (secondary N) is 2. The van der Waals surface area contributed by atoms with Crippen LogP contribution in [0.5, 0.6) is 0 Å². The Morgan fingerprint density at radius 3 is 2.50 bits per heavy atom. The fraction of sp³-hybridized carbons (Fsp3) is 0.950. The first-order valence-electron chi connectivity index (χ1n) is 10.3. The second-order valence-electron chi connectivity index (χ2n) is 8.87. The smallest absolute Gasteiger partial charge is 0.191 e. The van der Waals surface area contributed by atoms with Crippen molar-refractivity contribution in [2.24, 2.45) is 16.3 Å². The number of nitrogens with zero attached hydrogens (tertiary/aromatic N) is 2. The fourth-order valence-electron chi connectivity index (χ4n) is 3.67. The van der Waals surface area contributed by atoms with Gasteiger partial charge < -0.3 is 20.3 Å². The first-order chi connectivity index (χ1) is 12.0. The number of halogens is 1. The predicted molar refractivity (Wildman–Crippen MR) is 122 cm³/mol. The van der Waals surface area contributed by atoms with Crippen LogP contribution in [-0.4, -0.2) is 62.8 Å². The van der Waals surface area contributed by atoms with Gasteiger partial charge in [-0.25, -0.2) is 0 Å². The maximum atomic E-state index is 5.50. The number of guanidine groups is 1. The molecular formula is C20H41IN4O. The Bertz CT molecular complexity index is 397. The molecule has 0 aromatic rings. The molecule has 2 aliphatic heterocycles. The number of likely N-dealkylation sites (tertiary alicyclic amines) is 1. The molecule has 26 heavy (non-hydrogen) atoms. The van der Waals surface area contributed by atoms with E-state index < -0.39 is 0 Å². The molecule has 0 saturated carbocycles. The summed E-state index contributed by atoms with van der Waals surface area (Å²) < 4.78 is 5.50. The lowest BCUT2D eigenvalue weighted by molar-refractivity contribution is 0.150. The first kappa shape index (κ1) is 24.0. The highest BCUT2D eigenvalue weighted by Gasteiger charge is 2.24. The molecule has 1 atom stereocenters. The number of hydrogen-bond acceptors (Lipinski definition) is 3. The van der Waals surface area contributed by atoms with Crippen LogP contribution in [0, 0.1) is 11.3 Å². The van der Waals surface area contributed by atoms with Gasteiger partial charge in [-0.15, -0.1) is 24.0 Å². The SMILES string of the molecule is CCNC(=NCCCC(C)(C)C)NC1CCN(CC2CCOC2)CC1.I. The zero-order chi connectivity index (χ0) is 18.1. The van der Waals surface area contributed by atoms with Crippen molar-refractivity contribution >= 4 is 29.9 Å². The molecule has 2 heterocycles. The number of aliphatic imine (C=N–C) groups is 1. The summed E-state index contributed by atoms with van der Waals surface area (Å²) in [5.74, 6) is 1.75. The minimum atomic E-state index is 0. The second-order valence-corrected chi connectivity index (χ2v) is 8.87. The van der Waals surface area contributed by atoms with Crippen LogP contribution < -0.4 is 10.6 Å². The Kier molecular flexibility index (Phi) is 11.4. The van der Waals surface area contributed by atoms with Gasteiger partial charge in [-0.2, -0.15) is 0 Å². The van der Waals surface area contributed by atoms with Crippen molar-refractivity contribution < 1.29 is 4.74 Å². The van der Waals surface area contributed by atoms with Crippen molar-refractivity contribution in [3.8, 4) is 0 Å². The summed E-state index contributed by atoms with van der Waals surface area (Å²) in [7, 11) is 0. The normalized spacial score (nSPS) is 22.9. The molecule has 0 aliphatic carbocycles. The van der Waals surface area contributed by atoms with Crippen molar-refractivity contribution in [2.45, 2.75) is 65.8 Å². The van der Waals surface area contributed by atoms with Crippen LogP contribution in [0.15, 0.2) is 4.99 Å². The van der Waals surface area contributed by atoms with Gasteiger partial charge in [-0.05, 0) is 50.4 Å². The van der Waals surface area contributed by atoms with E-state index in [1.165, 1.54) is 45.3 Å². The molecule has 0 spiro atoms. The summed E-state index contributed by atoms with van der Waals surface area (Å²) in [5.41, 5.74) is 0.401. The third-order valence-corrected chi connectivity index (χ3v) is 5.17. The van der Waals surface area contributed by atoms with Crippen molar-refractivity contribution in [2.75, 3.05) is 45.9 Å². The van der Waals surface area contributed by atoms with E-state index in [0.29, 0.717) is 11.5 Å². The molecule has 5 nitrogen and oxygen atoms in total. The topological polar surface area (TPSA) is 48.9 Å². The minimum absolute atomic E-state index is 0. The molecule has 0 bridgehead atoms. The minimum Gasteiger partial charge on any atom is -0.381 e. The molecule has 2 aliphatic rings. The largest absolute Gasteiger partial charge is 0.381 e. The van der Waals surface area contributed by atoms with Crippen LogP contribution >= 0.6 is 24.0 Å². The highest BCUT2D eigenvalue weighted by Crippen LogP contribution is 2.20. The molecule has 0 aromatic heterocycles. The van der Waals surface area contributed by atoms with E-state index in [2.05, 4.69) is 43.2 Å². The maximum absolute atomic E-state index is 5.50. The van der Waals surface area contributed by atoms with E-state index >= 15 is 0 Å². The third-order valence-electron chi connectivity index (χ3n) is 5.17. The van der Waals surface area contributed by atoms with Gasteiger partial charge in [-0.1, -0.05) is 20.8 Å². The molecule has 2 N–H and O–H groups in total. The predicted octanol–water partition coefficient (Wildman–Crippen LogP) is 3.49. The number of rotatable bonds is 7. The third kappa shape index (κ3) is 9.74. The van der Waals surface area contributed by atoms with Gasteiger partial charge in [0.2, 0.25) is 0 Å². The van der Waals surface area contributed by atoms with Crippen LogP contribution in [0.3, 0.4) is 0 Å². The quantitative estimate of drug-likeness (QED) is 0.254. The van der Waals surface area contributed by atoms with Crippen molar-refractivity contribution in [1.82, 2.24) is 15.5 Å². The lowest BCUT2D eigenvalue weighted by Crippen LogP contribution is -2.49. The van der Waals surface area contributed by atoms with Gasteiger partial charge in [0, 0.05) is 45.4 Å². The highest BCUT2D eigenvalue weighted by atomic mass is 127. The van der Waals surface area contributed by atoms with Crippen molar-refractivity contribution in [3.63, 3.8) is 0 Å². The fourth-order valence-corrected chi connectivity index (χ4v) is 3.67. The zero-order valence-electron chi connectivity index (χ0n) is 17.4. The van der Waals surface area contributed by atoms with E-state index in [0.717, 1.165) is 44.6 Å². The van der Waals surface area contributed by atoms with E-state index in [1.807, 2.05) is 0 Å². The monoisotopic (exact) mass is 480 g/mol. The average Bonchev–Trinajstić information content (AvgIpc) is 3.05. The highest BCUT2D eigenvalue weighted by molar-refractivity contribution is 14.0. The Balaban J connectivity index is 0.00000338. The van der Waals surface area contributed by atoms with Crippen LogP contribution in [0.25, 0.3) is 0 Å². The molecule has 1 unspecified atom stereocenters. The Morgan fingerprint density at radius 2 is 1.92 bits per heavy atom. The number of piperidine rings is 1. The Morgan fingerprint density at radius 1 is 1.19 bits per heavy atom. The zero-order valence-corrected chi connectivity index (χ0v) is 19.7. The average molecular weight is 480 g/mol. The Labute approximate surface area is 178 Å². The molecule has 2 rings (SSSR count). The molecule has 0 amide bonds. The van der Waals surface area contributed by atoms with Crippen molar-refractivity contribution in [1.29, 1.82) is 0 Å². The summed E-state index contributed by atoms with van der Waals surface area (Å²) in [4.78, 5) is 7.39. The summed E-state index contributed by atoms with van der Waals surface area (Å²) in [6, 6.07) is 0.552. The molecular weight excluding hydrogens is 439 g/mol. The summed E-state index contributed by atoms with van der Waals surface area (Å²) >= 11 is 0. The van der Waals surface area contributed by atoms with E-state index in [1.54, 1.807) is 0 Å². The van der Waals surface area contributed by atoms with Gasteiger partial charge >= 0.3 is 0 Å². The number of ether oxygens (including phenoxy) is 1. The van der Waals surface area contributed by atoms with Crippen molar-refractivity contribution in [3.05, 3.63) is 0 Å². The van der Waals surface area contributed by atoms with Crippen LogP contribution in [0.2, 0.25) is 0 Å². The summed E-state index contributed by atoms with van der Waals surface area (Å²) in [6.07, 6.45) is 6.03. The van der Waals surface area contributed by atoms with E-state index in [9.17, 15) is 0 Å². The molecule has 2 saturated heterocycles. The molecule has 0 aromatic carbocycles. The lowest BCUT2D eigenvalue weighted by Gasteiger charge is -2.34. The van der Waals surface area contributed by atoms with Gasteiger partial charge in [0.1, 0.15) is 0 Å². The van der Waals surface area contributed by atoms with Gasteiger partial charge in [-0.3, -0.25) is 4.99 Å². The lowest BCUT2D eigenvalue weighted by atomic mass is 9.91. The van der Waals surface area contributed by atoms with E-state index in [4.69, 9.17) is 9.73 Å². The first-order valence-corrected chi connectivity index (χ1v) is 10.3. The molecule has 6 heteroatoms. The van der Waals surface area contributed by atoms with Gasteiger partial charge in [0.05, 0.1) is 6.61 Å². The Hall–Kier alpha value is -0.0800. The summed E-state index contributed by atoms with van der Waals surface area (Å²) in [6.45, 7) is 16.4. The summed E-state index contributed by atoms with van der Waals surface area (Å²) in [5, 5.41) is 7.06. The maximum Gasteiger partial charge on any atom is 0.191 e. The molecule has 0 radical (unpaired) electrons. The van der Waals surface area contributed by atoms with Crippen LogP contribution in [0.1, 0.15) is 59.8 Å². The van der Waals surface area contributed by atoms with Gasteiger partial charge in [0.15, 0.2) is 5.96 Å². The molecule has 2 fully saturated rings. The second kappa shape index (κ2) is 12.4. The standard InChI is InChI=1S/C20H40N4O.HI/c1-5-21-19(22-11-6-10-20(2,3)4)23-18-7-12-24(13-8-18)15-17-9-14-25-16-17;/h17-18H,5-16H2,1-4H3,(H2,21,22,23);1H. The molecule has 154 valence electrons. The number of hydrogen-bond donors (Lipinski definition) is 2. The van der Waals surface area contributed by atoms with E-state index in [-0.39, 0.29) is 24.0 Å². The van der Waals surface area contributed by atoms with Crippen LogP contribution in [0.4, 0.5) is 0 Å². The van der Waals surface area contributed by atoms with Crippen LogP contribution in [-0.2, 0) is 4.74 Å².